The molecule has 0 spiro atoms. The van der Waals surface area contributed by atoms with Crippen LogP contribution in [-0.2, 0) is 0 Å². The van der Waals surface area contributed by atoms with Crippen LogP contribution in [0.15, 0.2) is 12.1 Å². The van der Waals surface area contributed by atoms with Gasteiger partial charge in [0.25, 0.3) is 0 Å². The highest BCUT2D eigenvalue weighted by Gasteiger charge is 2.26. The second-order valence-corrected chi connectivity index (χ2v) is 4.63. The number of benzene rings is 1. The zero-order valence-electron chi connectivity index (χ0n) is 7.58. The highest BCUT2D eigenvalue weighted by Crippen LogP contribution is 2.37. The normalized spacial score (nSPS) is 18.9. The summed E-state index contributed by atoms with van der Waals surface area (Å²) in [6, 6.07) is 3.62. The maximum Gasteiger partial charge on any atom is 0.339 e. The minimum atomic E-state index is -0.922. The predicted molar refractivity (Wildman–Crippen MR) is 60.0 cm³/mol. The third-order valence-corrected chi connectivity index (χ3v) is 2.94. The SMILES string of the molecule is CC1COc2c(C(=O)O)cc(I)cc21. The Morgan fingerprint density at radius 2 is 2.36 bits per heavy atom. The molecule has 74 valence electrons. The molecule has 1 atom stereocenters. The lowest BCUT2D eigenvalue weighted by molar-refractivity contribution is 0.0693. The lowest BCUT2D eigenvalue weighted by atomic mass is 10.0. The summed E-state index contributed by atoms with van der Waals surface area (Å²) < 4.78 is 6.31. The van der Waals surface area contributed by atoms with Crippen LogP contribution in [0, 0.1) is 3.57 Å². The minimum absolute atomic E-state index is 0.274. The Labute approximate surface area is 95.2 Å². The quantitative estimate of drug-likeness (QED) is 0.811. The topological polar surface area (TPSA) is 46.5 Å². The summed E-state index contributed by atoms with van der Waals surface area (Å²) in [5.74, 6) is -0.0860. The minimum Gasteiger partial charge on any atom is -0.492 e. The van der Waals surface area contributed by atoms with Crippen LogP contribution in [0.2, 0.25) is 0 Å². The van der Waals surface area contributed by atoms with E-state index in [-0.39, 0.29) is 11.5 Å². The number of carboxylic acids is 1. The summed E-state index contributed by atoms with van der Waals surface area (Å²) in [5, 5.41) is 8.98. The van der Waals surface area contributed by atoms with Crippen molar-refractivity contribution in [1.82, 2.24) is 0 Å². The monoisotopic (exact) mass is 304 g/mol. The van der Waals surface area contributed by atoms with E-state index in [0.717, 1.165) is 9.13 Å². The Balaban J connectivity index is 2.63. The molecule has 1 aliphatic heterocycles. The van der Waals surface area contributed by atoms with Crippen molar-refractivity contribution in [2.24, 2.45) is 0 Å². The van der Waals surface area contributed by atoms with Crippen LogP contribution in [0.3, 0.4) is 0 Å². The Hall–Kier alpha value is -0.780. The van der Waals surface area contributed by atoms with Crippen molar-refractivity contribution in [2.45, 2.75) is 12.8 Å². The first-order valence-electron chi connectivity index (χ1n) is 4.29. The average molecular weight is 304 g/mol. The molecule has 1 aromatic carbocycles. The largest absolute Gasteiger partial charge is 0.492 e. The molecule has 0 fully saturated rings. The van der Waals surface area contributed by atoms with Gasteiger partial charge in [-0.25, -0.2) is 4.79 Å². The summed E-state index contributed by atoms with van der Waals surface area (Å²) in [7, 11) is 0. The molecular formula is C10H9IO3. The summed E-state index contributed by atoms with van der Waals surface area (Å²) >= 11 is 2.12. The van der Waals surface area contributed by atoms with Crippen molar-refractivity contribution >= 4 is 28.6 Å². The lowest BCUT2D eigenvalue weighted by Crippen LogP contribution is -2.00. The van der Waals surface area contributed by atoms with E-state index in [2.05, 4.69) is 22.6 Å². The van der Waals surface area contributed by atoms with Crippen molar-refractivity contribution in [3.63, 3.8) is 0 Å². The molecule has 0 aliphatic carbocycles. The van der Waals surface area contributed by atoms with Gasteiger partial charge in [-0.3, -0.25) is 0 Å². The number of aromatic carboxylic acids is 1. The zero-order chi connectivity index (χ0) is 10.3. The molecule has 2 rings (SSSR count). The highest BCUT2D eigenvalue weighted by molar-refractivity contribution is 14.1. The fraction of sp³-hybridized carbons (Fsp3) is 0.300. The maximum absolute atomic E-state index is 10.9. The van der Waals surface area contributed by atoms with Gasteiger partial charge in [-0.05, 0) is 34.7 Å². The first-order valence-corrected chi connectivity index (χ1v) is 5.37. The van der Waals surface area contributed by atoms with Gasteiger partial charge in [0.2, 0.25) is 0 Å². The molecule has 4 heteroatoms. The van der Waals surface area contributed by atoms with Gasteiger partial charge in [-0.2, -0.15) is 0 Å². The summed E-state index contributed by atoms with van der Waals surface area (Å²) in [4.78, 5) is 10.9. The van der Waals surface area contributed by atoms with Crippen LogP contribution >= 0.6 is 22.6 Å². The number of carbonyl (C=O) groups is 1. The molecule has 1 aromatic rings. The van der Waals surface area contributed by atoms with E-state index in [1.54, 1.807) is 6.07 Å². The third-order valence-electron chi connectivity index (χ3n) is 2.32. The van der Waals surface area contributed by atoms with Crippen LogP contribution in [0.1, 0.15) is 28.8 Å². The molecular weight excluding hydrogens is 295 g/mol. The molecule has 14 heavy (non-hydrogen) atoms. The first-order chi connectivity index (χ1) is 6.59. The Morgan fingerprint density at radius 1 is 1.64 bits per heavy atom. The van der Waals surface area contributed by atoms with Crippen molar-refractivity contribution in [3.05, 3.63) is 26.8 Å². The standard InChI is InChI=1S/C10H9IO3/c1-5-4-14-9-7(5)2-6(11)3-8(9)10(12)13/h2-3,5H,4H2,1H3,(H,12,13). The second-order valence-electron chi connectivity index (χ2n) is 3.39. The molecule has 0 amide bonds. The number of hydrogen-bond acceptors (Lipinski definition) is 2. The number of hydrogen-bond donors (Lipinski definition) is 1. The van der Waals surface area contributed by atoms with Gasteiger partial charge in [0.1, 0.15) is 11.3 Å². The van der Waals surface area contributed by atoms with Gasteiger partial charge in [0.15, 0.2) is 0 Å². The molecule has 1 heterocycles. The van der Waals surface area contributed by atoms with Gasteiger partial charge in [-0.15, -0.1) is 0 Å². The molecule has 0 radical (unpaired) electrons. The number of rotatable bonds is 1. The van der Waals surface area contributed by atoms with Crippen molar-refractivity contribution in [2.75, 3.05) is 6.61 Å². The summed E-state index contributed by atoms with van der Waals surface area (Å²) in [5.41, 5.74) is 1.28. The molecule has 0 saturated carbocycles. The molecule has 0 aromatic heterocycles. The van der Waals surface area contributed by atoms with Crippen LogP contribution in [0.25, 0.3) is 0 Å². The number of carboxylic acid groups (broad SMARTS) is 1. The summed E-state index contributed by atoms with van der Waals surface area (Å²) in [6.45, 7) is 2.61. The first kappa shape index (κ1) is 9.76. The fourth-order valence-corrected chi connectivity index (χ4v) is 2.25. The Kier molecular flexibility index (Phi) is 2.38. The summed E-state index contributed by atoms with van der Waals surface area (Å²) in [6.07, 6.45) is 0. The van der Waals surface area contributed by atoms with Crippen LogP contribution in [0.5, 0.6) is 5.75 Å². The second kappa shape index (κ2) is 3.42. The number of fused-ring (bicyclic) bond motifs is 1. The number of ether oxygens (including phenoxy) is 1. The molecule has 0 bridgehead atoms. The fourth-order valence-electron chi connectivity index (χ4n) is 1.60. The molecule has 1 aliphatic rings. The van der Waals surface area contributed by atoms with E-state index < -0.39 is 5.97 Å². The van der Waals surface area contributed by atoms with E-state index in [1.807, 2.05) is 13.0 Å². The van der Waals surface area contributed by atoms with Gasteiger partial charge in [0.05, 0.1) is 6.61 Å². The van der Waals surface area contributed by atoms with E-state index in [0.29, 0.717) is 12.4 Å². The smallest absolute Gasteiger partial charge is 0.339 e. The van der Waals surface area contributed by atoms with Crippen LogP contribution in [-0.4, -0.2) is 17.7 Å². The van der Waals surface area contributed by atoms with E-state index in [9.17, 15) is 4.79 Å². The Morgan fingerprint density at radius 3 is 3.00 bits per heavy atom. The predicted octanol–water partition coefficient (Wildman–Crippen LogP) is 2.49. The average Bonchev–Trinajstić information content (AvgIpc) is 2.47. The van der Waals surface area contributed by atoms with Crippen LogP contribution < -0.4 is 4.74 Å². The molecule has 1 N–H and O–H groups in total. The van der Waals surface area contributed by atoms with E-state index in [4.69, 9.17) is 9.84 Å². The van der Waals surface area contributed by atoms with Gasteiger partial charge in [-0.1, -0.05) is 6.92 Å². The van der Waals surface area contributed by atoms with E-state index >= 15 is 0 Å². The lowest BCUT2D eigenvalue weighted by Gasteiger charge is -2.05. The zero-order valence-corrected chi connectivity index (χ0v) is 9.74. The van der Waals surface area contributed by atoms with Gasteiger partial charge < -0.3 is 9.84 Å². The van der Waals surface area contributed by atoms with Crippen molar-refractivity contribution in [3.8, 4) is 5.75 Å². The number of halogens is 1. The third kappa shape index (κ3) is 1.47. The maximum atomic E-state index is 10.9. The molecule has 1 unspecified atom stereocenters. The van der Waals surface area contributed by atoms with Gasteiger partial charge >= 0.3 is 5.97 Å². The van der Waals surface area contributed by atoms with Gasteiger partial charge in [0, 0.05) is 15.1 Å². The Bertz CT molecular complexity index is 401. The molecule has 3 nitrogen and oxygen atoms in total. The van der Waals surface area contributed by atoms with E-state index in [1.165, 1.54) is 0 Å². The highest BCUT2D eigenvalue weighted by atomic mass is 127. The van der Waals surface area contributed by atoms with Crippen LogP contribution in [0.4, 0.5) is 0 Å². The van der Waals surface area contributed by atoms with Crippen molar-refractivity contribution in [1.29, 1.82) is 0 Å². The molecule has 0 saturated heterocycles. The van der Waals surface area contributed by atoms with Crippen molar-refractivity contribution < 1.29 is 14.6 Å².